The molecule has 3 nitrogen and oxygen atoms in total. The summed E-state index contributed by atoms with van der Waals surface area (Å²) in [6, 6.07) is 0. The lowest BCUT2D eigenvalue weighted by Crippen LogP contribution is -2.48. The average molecular weight is 192 g/mol. The SMILES string of the molecule is CC(F)(F)CN1CCN(C=O)CC1. The summed E-state index contributed by atoms with van der Waals surface area (Å²) in [6.45, 7) is 2.91. The van der Waals surface area contributed by atoms with Gasteiger partial charge in [-0.3, -0.25) is 9.69 Å². The summed E-state index contributed by atoms with van der Waals surface area (Å²) < 4.78 is 25.1. The predicted molar refractivity (Wildman–Crippen MR) is 44.7 cm³/mol. The fraction of sp³-hybridized carbons (Fsp3) is 0.875. The van der Waals surface area contributed by atoms with Crippen molar-refractivity contribution in [3.05, 3.63) is 0 Å². The van der Waals surface area contributed by atoms with Gasteiger partial charge in [-0.2, -0.15) is 0 Å². The topological polar surface area (TPSA) is 23.6 Å². The van der Waals surface area contributed by atoms with Crippen LogP contribution in [0.25, 0.3) is 0 Å². The first-order valence-corrected chi connectivity index (χ1v) is 4.31. The fourth-order valence-corrected chi connectivity index (χ4v) is 1.42. The standard InChI is InChI=1S/C8H14F2N2O/c1-8(9,10)6-11-2-4-12(7-13)5-3-11/h7H,2-6H2,1H3. The normalized spacial score (nSPS) is 20.4. The van der Waals surface area contributed by atoms with Gasteiger partial charge in [-0.25, -0.2) is 8.78 Å². The van der Waals surface area contributed by atoms with E-state index in [1.54, 1.807) is 9.80 Å². The van der Waals surface area contributed by atoms with Crippen molar-refractivity contribution in [2.75, 3.05) is 32.7 Å². The Bertz CT molecular complexity index is 173. The molecule has 0 atom stereocenters. The molecule has 0 N–H and O–H groups in total. The van der Waals surface area contributed by atoms with Crippen LogP contribution in [0.4, 0.5) is 8.78 Å². The van der Waals surface area contributed by atoms with Gasteiger partial charge in [0.05, 0.1) is 6.54 Å². The van der Waals surface area contributed by atoms with E-state index in [1.807, 2.05) is 0 Å². The summed E-state index contributed by atoms with van der Waals surface area (Å²) in [4.78, 5) is 13.6. The molecule has 0 radical (unpaired) electrons. The third-order valence-corrected chi connectivity index (χ3v) is 2.06. The van der Waals surface area contributed by atoms with Crippen LogP contribution in [0, 0.1) is 0 Å². The van der Waals surface area contributed by atoms with Crippen molar-refractivity contribution in [3.8, 4) is 0 Å². The predicted octanol–water partition coefficient (Wildman–Crippen LogP) is 0.416. The van der Waals surface area contributed by atoms with Crippen LogP contribution in [0.2, 0.25) is 0 Å². The molecule has 1 fully saturated rings. The van der Waals surface area contributed by atoms with Crippen molar-refractivity contribution in [2.24, 2.45) is 0 Å². The van der Waals surface area contributed by atoms with Gasteiger partial charge in [-0.1, -0.05) is 0 Å². The van der Waals surface area contributed by atoms with E-state index >= 15 is 0 Å². The number of hydrogen-bond acceptors (Lipinski definition) is 2. The molecule has 1 heterocycles. The summed E-state index contributed by atoms with van der Waals surface area (Å²) in [6.07, 6.45) is 0.765. The van der Waals surface area contributed by atoms with Gasteiger partial charge in [-0.15, -0.1) is 0 Å². The Hall–Kier alpha value is -0.710. The highest BCUT2D eigenvalue weighted by atomic mass is 19.3. The Kier molecular flexibility index (Phi) is 3.19. The van der Waals surface area contributed by atoms with Crippen LogP contribution < -0.4 is 0 Å². The van der Waals surface area contributed by atoms with E-state index in [-0.39, 0.29) is 6.54 Å². The number of carbonyl (C=O) groups excluding carboxylic acids is 1. The first-order chi connectivity index (χ1) is 6.01. The number of hydrogen-bond donors (Lipinski definition) is 0. The molecule has 13 heavy (non-hydrogen) atoms. The summed E-state index contributed by atoms with van der Waals surface area (Å²) in [5.41, 5.74) is 0. The molecule has 0 bridgehead atoms. The lowest BCUT2D eigenvalue weighted by Gasteiger charge is -2.33. The zero-order valence-corrected chi connectivity index (χ0v) is 7.67. The van der Waals surface area contributed by atoms with Gasteiger partial charge in [0, 0.05) is 33.1 Å². The van der Waals surface area contributed by atoms with Crippen LogP contribution >= 0.6 is 0 Å². The third-order valence-electron chi connectivity index (χ3n) is 2.06. The Morgan fingerprint density at radius 2 is 1.85 bits per heavy atom. The van der Waals surface area contributed by atoms with E-state index in [1.165, 1.54) is 0 Å². The maximum Gasteiger partial charge on any atom is 0.257 e. The monoisotopic (exact) mass is 192 g/mol. The largest absolute Gasteiger partial charge is 0.343 e. The van der Waals surface area contributed by atoms with Gasteiger partial charge < -0.3 is 4.90 Å². The van der Waals surface area contributed by atoms with E-state index in [0.717, 1.165) is 13.3 Å². The lowest BCUT2D eigenvalue weighted by atomic mass is 10.3. The number of alkyl halides is 2. The van der Waals surface area contributed by atoms with Crippen LogP contribution in [-0.4, -0.2) is 54.9 Å². The van der Waals surface area contributed by atoms with Crippen LogP contribution in [0.5, 0.6) is 0 Å². The highest BCUT2D eigenvalue weighted by molar-refractivity contribution is 5.47. The number of amides is 1. The molecule has 0 aromatic carbocycles. The minimum atomic E-state index is -2.64. The molecule has 76 valence electrons. The maximum atomic E-state index is 12.6. The number of carbonyl (C=O) groups is 1. The first kappa shape index (κ1) is 10.4. The minimum Gasteiger partial charge on any atom is -0.343 e. The van der Waals surface area contributed by atoms with Crippen molar-refractivity contribution in [2.45, 2.75) is 12.8 Å². The Balaban J connectivity index is 2.29. The Labute approximate surface area is 76.3 Å². The molecule has 1 aliphatic rings. The molecule has 1 saturated heterocycles. The van der Waals surface area contributed by atoms with Crippen LogP contribution in [0.3, 0.4) is 0 Å². The van der Waals surface area contributed by atoms with E-state index in [4.69, 9.17) is 0 Å². The summed E-state index contributed by atoms with van der Waals surface area (Å²) in [5.74, 6) is -2.64. The van der Waals surface area contributed by atoms with Gasteiger partial charge in [0.15, 0.2) is 0 Å². The highest BCUT2D eigenvalue weighted by Gasteiger charge is 2.27. The summed E-state index contributed by atoms with van der Waals surface area (Å²) in [7, 11) is 0. The second-order valence-electron chi connectivity index (χ2n) is 3.49. The number of nitrogens with zero attached hydrogens (tertiary/aromatic N) is 2. The van der Waals surface area contributed by atoms with E-state index in [9.17, 15) is 13.6 Å². The Morgan fingerprint density at radius 3 is 2.23 bits per heavy atom. The molecule has 1 rings (SSSR count). The molecule has 5 heteroatoms. The Morgan fingerprint density at radius 1 is 1.31 bits per heavy atom. The molecule has 0 saturated carbocycles. The average Bonchev–Trinajstić information content (AvgIpc) is 2.03. The van der Waals surface area contributed by atoms with Crippen LogP contribution in [0.1, 0.15) is 6.92 Å². The lowest BCUT2D eigenvalue weighted by molar-refractivity contribution is -0.120. The van der Waals surface area contributed by atoms with E-state index in [0.29, 0.717) is 26.2 Å². The molecular weight excluding hydrogens is 178 g/mol. The molecule has 1 amide bonds. The van der Waals surface area contributed by atoms with Gasteiger partial charge in [-0.05, 0) is 0 Å². The highest BCUT2D eigenvalue weighted by Crippen LogP contribution is 2.14. The third kappa shape index (κ3) is 3.67. The summed E-state index contributed by atoms with van der Waals surface area (Å²) in [5, 5.41) is 0. The van der Waals surface area contributed by atoms with Gasteiger partial charge in [0.25, 0.3) is 5.92 Å². The zero-order chi connectivity index (χ0) is 9.90. The van der Waals surface area contributed by atoms with Crippen molar-refractivity contribution in [3.63, 3.8) is 0 Å². The first-order valence-electron chi connectivity index (χ1n) is 4.31. The molecule has 0 aliphatic carbocycles. The van der Waals surface area contributed by atoms with Crippen molar-refractivity contribution < 1.29 is 13.6 Å². The van der Waals surface area contributed by atoms with E-state index < -0.39 is 5.92 Å². The number of piperazine rings is 1. The molecular formula is C8H14F2N2O. The van der Waals surface area contributed by atoms with E-state index in [2.05, 4.69) is 0 Å². The van der Waals surface area contributed by atoms with Crippen molar-refractivity contribution in [1.82, 2.24) is 9.80 Å². The molecule has 0 unspecified atom stereocenters. The van der Waals surface area contributed by atoms with Crippen molar-refractivity contribution >= 4 is 6.41 Å². The molecule has 0 aromatic rings. The molecule has 0 spiro atoms. The number of halogens is 2. The fourth-order valence-electron chi connectivity index (χ4n) is 1.42. The van der Waals surface area contributed by atoms with Gasteiger partial charge >= 0.3 is 0 Å². The summed E-state index contributed by atoms with van der Waals surface area (Å²) >= 11 is 0. The van der Waals surface area contributed by atoms with Crippen LogP contribution in [0.15, 0.2) is 0 Å². The molecule has 1 aliphatic heterocycles. The second-order valence-corrected chi connectivity index (χ2v) is 3.49. The van der Waals surface area contributed by atoms with Crippen LogP contribution in [-0.2, 0) is 4.79 Å². The van der Waals surface area contributed by atoms with Crippen molar-refractivity contribution in [1.29, 1.82) is 0 Å². The van der Waals surface area contributed by atoms with Gasteiger partial charge in [0.2, 0.25) is 6.41 Å². The number of rotatable bonds is 3. The zero-order valence-electron chi connectivity index (χ0n) is 7.67. The van der Waals surface area contributed by atoms with Gasteiger partial charge in [0.1, 0.15) is 0 Å². The quantitative estimate of drug-likeness (QED) is 0.605. The molecule has 0 aromatic heterocycles. The second kappa shape index (κ2) is 4.00. The maximum absolute atomic E-state index is 12.6. The minimum absolute atomic E-state index is 0.209. The smallest absolute Gasteiger partial charge is 0.257 e.